The van der Waals surface area contributed by atoms with Crippen molar-refractivity contribution in [1.29, 1.82) is 0 Å². The molecule has 0 spiro atoms. The molecular weight excluding hydrogens is 424 g/mol. The Morgan fingerprint density at radius 2 is 1.84 bits per heavy atom. The Hall–Kier alpha value is -2.33. The summed E-state index contributed by atoms with van der Waals surface area (Å²) in [5, 5.41) is 9.93. The van der Waals surface area contributed by atoms with Crippen molar-refractivity contribution in [2.24, 2.45) is 17.3 Å². The standard InChI is InChI=1S/C25H34N2O4S/c1-16-8-10-17(11-9-16)22(28)27(19-7-6-14-26(5)23(19)29)20-15-18(12-13-25(2,3)4)32-21(20)24(30)31/h15-17,19H,6-11,14H2,1-5H3,(H,30,31)/t16?,17?,19-/m1/s1. The summed E-state index contributed by atoms with van der Waals surface area (Å²) in [6.45, 7) is 8.81. The highest BCUT2D eigenvalue weighted by Crippen LogP contribution is 2.37. The topological polar surface area (TPSA) is 77.9 Å². The molecular formula is C25H34N2O4S. The minimum atomic E-state index is -1.10. The lowest BCUT2D eigenvalue weighted by Crippen LogP contribution is -2.55. The zero-order valence-electron chi connectivity index (χ0n) is 19.7. The first-order valence-electron chi connectivity index (χ1n) is 11.5. The first-order valence-corrected chi connectivity index (χ1v) is 12.3. The highest BCUT2D eigenvalue weighted by molar-refractivity contribution is 7.15. The van der Waals surface area contributed by atoms with Gasteiger partial charge in [-0.2, -0.15) is 0 Å². The average Bonchev–Trinajstić information content (AvgIpc) is 3.14. The van der Waals surface area contributed by atoms with Crippen molar-refractivity contribution < 1.29 is 19.5 Å². The van der Waals surface area contributed by atoms with E-state index in [4.69, 9.17) is 0 Å². The summed E-state index contributed by atoms with van der Waals surface area (Å²) in [7, 11) is 1.74. The maximum Gasteiger partial charge on any atom is 0.348 e. The number of aromatic carboxylic acids is 1. The van der Waals surface area contributed by atoms with Crippen molar-refractivity contribution in [3.8, 4) is 11.8 Å². The van der Waals surface area contributed by atoms with Gasteiger partial charge in [0.2, 0.25) is 11.8 Å². The fraction of sp³-hybridized carbons (Fsp3) is 0.640. The van der Waals surface area contributed by atoms with Crippen LogP contribution in [0.4, 0.5) is 5.69 Å². The molecule has 0 unspecified atom stereocenters. The van der Waals surface area contributed by atoms with Gasteiger partial charge in [-0.3, -0.25) is 14.5 Å². The van der Waals surface area contributed by atoms with E-state index in [0.29, 0.717) is 29.4 Å². The number of anilines is 1. The van der Waals surface area contributed by atoms with E-state index in [-0.39, 0.29) is 28.0 Å². The van der Waals surface area contributed by atoms with E-state index in [9.17, 15) is 19.5 Å². The van der Waals surface area contributed by atoms with Gasteiger partial charge in [0.15, 0.2) is 0 Å². The van der Waals surface area contributed by atoms with Crippen LogP contribution in [-0.2, 0) is 9.59 Å². The maximum atomic E-state index is 13.8. The molecule has 2 fully saturated rings. The van der Waals surface area contributed by atoms with Crippen molar-refractivity contribution in [2.75, 3.05) is 18.5 Å². The first-order chi connectivity index (χ1) is 15.0. The molecule has 1 saturated heterocycles. The number of thiophene rings is 1. The molecule has 3 rings (SSSR count). The maximum absolute atomic E-state index is 13.8. The van der Waals surface area contributed by atoms with E-state index in [1.165, 1.54) is 4.90 Å². The number of hydrogen-bond donors (Lipinski definition) is 1. The predicted molar refractivity (Wildman–Crippen MR) is 127 cm³/mol. The van der Waals surface area contributed by atoms with E-state index < -0.39 is 12.0 Å². The Balaban J connectivity index is 2.07. The smallest absolute Gasteiger partial charge is 0.348 e. The summed E-state index contributed by atoms with van der Waals surface area (Å²) in [6, 6.07) is 1.02. The van der Waals surface area contributed by atoms with Gasteiger partial charge in [0.05, 0.1) is 10.6 Å². The summed E-state index contributed by atoms with van der Waals surface area (Å²) in [5.41, 5.74) is 0.0853. The number of carboxylic acid groups (broad SMARTS) is 1. The van der Waals surface area contributed by atoms with Gasteiger partial charge >= 0.3 is 5.97 Å². The lowest BCUT2D eigenvalue weighted by Gasteiger charge is -2.39. The third kappa shape index (κ3) is 5.53. The molecule has 1 N–H and O–H groups in total. The SMILES string of the molecule is CC1CCC(C(=O)N(c2cc(C#CC(C)(C)C)sc2C(=O)O)[C@@H]2CCCN(C)C2=O)CC1. The highest BCUT2D eigenvalue weighted by atomic mass is 32.1. The Labute approximate surface area is 195 Å². The monoisotopic (exact) mass is 458 g/mol. The molecule has 1 aliphatic carbocycles. The number of carbonyl (C=O) groups is 3. The van der Waals surface area contributed by atoms with E-state index in [1.54, 1.807) is 18.0 Å². The lowest BCUT2D eigenvalue weighted by atomic mass is 9.82. The van der Waals surface area contributed by atoms with Gasteiger partial charge in [-0.25, -0.2) is 4.79 Å². The first kappa shape index (κ1) is 24.3. The minimum absolute atomic E-state index is 0.0711. The zero-order chi connectivity index (χ0) is 23.6. The third-order valence-corrected chi connectivity index (χ3v) is 7.30. The largest absolute Gasteiger partial charge is 0.477 e. The van der Waals surface area contributed by atoms with Crippen molar-refractivity contribution in [3.05, 3.63) is 15.8 Å². The molecule has 1 aromatic rings. The van der Waals surface area contributed by atoms with Gasteiger partial charge < -0.3 is 10.0 Å². The van der Waals surface area contributed by atoms with Crippen LogP contribution in [0.1, 0.15) is 80.8 Å². The fourth-order valence-electron chi connectivity index (χ4n) is 4.42. The number of rotatable bonds is 4. The van der Waals surface area contributed by atoms with Gasteiger partial charge in [-0.05, 0) is 71.3 Å². The van der Waals surface area contributed by atoms with E-state index >= 15 is 0 Å². The fourth-order valence-corrected chi connectivity index (χ4v) is 5.26. The van der Waals surface area contributed by atoms with Crippen LogP contribution in [0.25, 0.3) is 0 Å². The number of likely N-dealkylation sites (tertiary alicyclic amines) is 1. The molecule has 2 aliphatic rings. The average molecular weight is 459 g/mol. The van der Waals surface area contributed by atoms with Crippen molar-refractivity contribution in [2.45, 2.75) is 72.3 Å². The summed E-state index contributed by atoms with van der Waals surface area (Å²) >= 11 is 1.08. The van der Waals surface area contributed by atoms with E-state index in [0.717, 1.165) is 43.4 Å². The van der Waals surface area contributed by atoms with Crippen LogP contribution < -0.4 is 4.90 Å². The summed E-state index contributed by atoms with van der Waals surface area (Å²) in [6.07, 6.45) is 4.81. The normalized spacial score (nSPS) is 24.0. The van der Waals surface area contributed by atoms with Gasteiger partial charge in [0.25, 0.3) is 0 Å². The van der Waals surface area contributed by atoms with Crippen LogP contribution in [0.5, 0.6) is 0 Å². The van der Waals surface area contributed by atoms with Crippen LogP contribution in [0.3, 0.4) is 0 Å². The second-order valence-electron chi connectivity index (χ2n) is 10.2. The highest BCUT2D eigenvalue weighted by Gasteiger charge is 2.40. The molecule has 6 nitrogen and oxygen atoms in total. The molecule has 2 amide bonds. The summed E-state index contributed by atoms with van der Waals surface area (Å²) in [5.74, 6) is 5.27. The van der Waals surface area contributed by atoms with Gasteiger partial charge in [0.1, 0.15) is 10.9 Å². The molecule has 32 heavy (non-hydrogen) atoms. The summed E-state index contributed by atoms with van der Waals surface area (Å²) < 4.78 is 0. The molecule has 2 heterocycles. The van der Waals surface area contributed by atoms with Crippen molar-refractivity contribution in [1.82, 2.24) is 4.90 Å². The Morgan fingerprint density at radius 3 is 2.44 bits per heavy atom. The Kier molecular flexibility index (Phi) is 7.34. The van der Waals surface area contributed by atoms with Crippen molar-refractivity contribution >= 4 is 34.8 Å². The molecule has 0 aromatic carbocycles. The van der Waals surface area contributed by atoms with Crippen molar-refractivity contribution in [3.63, 3.8) is 0 Å². The Bertz CT molecular complexity index is 941. The number of carbonyl (C=O) groups excluding carboxylic acids is 2. The third-order valence-electron chi connectivity index (χ3n) is 6.27. The summed E-state index contributed by atoms with van der Waals surface area (Å²) in [4.78, 5) is 42.8. The van der Waals surface area contributed by atoms with E-state index in [1.807, 2.05) is 20.8 Å². The molecule has 0 radical (unpaired) electrons. The molecule has 1 atom stereocenters. The second-order valence-corrected chi connectivity index (χ2v) is 11.3. The number of amides is 2. The van der Waals surface area contributed by atoms with Crippen LogP contribution >= 0.6 is 11.3 Å². The molecule has 1 aliphatic heterocycles. The van der Waals surface area contributed by atoms with Gasteiger partial charge in [-0.15, -0.1) is 11.3 Å². The van der Waals surface area contributed by atoms with Crippen LogP contribution in [0.15, 0.2) is 6.07 Å². The molecule has 1 aromatic heterocycles. The van der Waals surface area contributed by atoms with E-state index in [2.05, 4.69) is 18.8 Å². The molecule has 1 saturated carbocycles. The second kappa shape index (κ2) is 9.66. The number of likely N-dealkylation sites (N-methyl/N-ethyl adjacent to an activating group) is 1. The number of hydrogen-bond acceptors (Lipinski definition) is 4. The van der Waals surface area contributed by atoms with Crippen LogP contribution in [0, 0.1) is 29.1 Å². The minimum Gasteiger partial charge on any atom is -0.477 e. The van der Waals surface area contributed by atoms with Crippen LogP contribution in [-0.4, -0.2) is 47.4 Å². The van der Waals surface area contributed by atoms with Gasteiger partial charge in [0, 0.05) is 24.9 Å². The lowest BCUT2D eigenvalue weighted by molar-refractivity contribution is -0.136. The zero-order valence-corrected chi connectivity index (χ0v) is 20.6. The predicted octanol–water partition coefficient (Wildman–Crippen LogP) is 4.62. The van der Waals surface area contributed by atoms with Gasteiger partial charge in [-0.1, -0.05) is 18.8 Å². The number of piperidine rings is 1. The molecule has 7 heteroatoms. The molecule has 0 bridgehead atoms. The molecule has 174 valence electrons. The number of carboxylic acids is 1. The quantitative estimate of drug-likeness (QED) is 0.668. The number of nitrogens with zero attached hydrogens (tertiary/aromatic N) is 2. The Morgan fingerprint density at radius 1 is 1.19 bits per heavy atom. The van der Waals surface area contributed by atoms with Crippen LogP contribution in [0.2, 0.25) is 0 Å².